The zero-order chi connectivity index (χ0) is 38.0. The number of fused-ring (bicyclic) bond motifs is 3. The SMILES string of the molecule is c1ccc(N(c2ccc(-c3ccc([Si](c4ccccc4)(c4ccccc4)c4ccccc4)cc3)cc2)c2ccc(-c3ccc4oc5ccccc5c4c3)cc2)cc1. The van der Waals surface area contributed by atoms with Crippen LogP contribution in [0.25, 0.3) is 44.2 Å². The molecule has 0 atom stereocenters. The number of benzene rings is 9. The van der Waals surface area contributed by atoms with Crippen LogP contribution in [0.4, 0.5) is 17.1 Å². The van der Waals surface area contributed by atoms with Gasteiger partial charge in [0, 0.05) is 27.8 Å². The Morgan fingerprint density at radius 2 is 0.649 bits per heavy atom. The van der Waals surface area contributed by atoms with Crippen molar-refractivity contribution in [3.8, 4) is 22.3 Å². The van der Waals surface area contributed by atoms with E-state index in [1.54, 1.807) is 0 Å². The molecule has 1 aromatic heterocycles. The number of nitrogens with zero attached hydrogens (tertiary/aromatic N) is 1. The van der Waals surface area contributed by atoms with Gasteiger partial charge in [-0.2, -0.15) is 0 Å². The smallest absolute Gasteiger partial charge is 0.179 e. The molecule has 270 valence electrons. The van der Waals surface area contributed by atoms with Gasteiger partial charge < -0.3 is 9.32 Å². The molecule has 0 fully saturated rings. The Hall–Kier alpha value is -7.20. The molecule has 0 unspecified atom stereocenters. The van der Waals surface area contributed by atoms with E-state index in [0.29, 0.717) is 0 Å². The van der Waals surface area contributed by atoms with Crippen molar-refractivity contribution in [2.75, 3.05) is 4.90 Å². The fourth-order valence-corrected chi connectivity index (χ4v) is 13.3. The van der Waals surface area contributed by atoms with Gasteiger partial charge >= 0.3 is 0 Å². The third-order valence-electron chi connectivity index (χ3n) is 11.2. The Balaban J connectivity index is 0.987. The highest BCUT2D eigenvalue weighted by Gasteiger charge is 2.41. The number of para-hydroxylation sites is 2. The van der Waals surface area contributed by atoms with Crippen molar-refractivity contribution in [3.05, 3.63) is 237 Å². The van der Waals surface area contributed by atoms with E-state index >= 15 is 0 Å². The van der Waals surface area contributed by atoms with Crippen LogP contribution in [-0.4, -0.2) is 8.07 Å². The van der Waals surface area contributed by atoms with Crippen molar-refractivity contribution in [1.82, 2.24) is 0 Å². The van der Waals surface area contributed by atoms with Crippen LogP contribution in [0, 0.1) is 0 Å². The first-order valence-corrected chi connectivity index (χ1v) is 21.5. The van der Waals surface area contributed by atoms with Gasteiger partial charge in [-0.15, -0.1) is 0 Å². The number of hydrogen-bond acceptors (Lipinski definition) is 2. The minimum Gasteiger partial charge on any atom is -0.456 e. The largest absolute Gasteiger partial charge is 0.456 e. The molecule has 0 bridgehead atoms. The highest BCUT2D eigenvalue weighted by molar-refractivity contribution is 7.19. The molecule has 0 amide bonds. The lowest BCUT2D eigenvalue weighted by molar-refractivity contribution is 0.669. The van der Waals surface area contributed by atoms with Gasteiger partial charge in [0.05, 0.1) is 0 Å². The third-order valence-corrected chi connectivity index (χ3v) is 16.0. The van der Waals surface area contributed by atoms with Crippen LogP contribution < -0.4 is 25.6 Å². The molecule has 3 heteroatoms. The van der Waals surface area contributed by atoms with Crippen molar-refractivity contribution < 1.29 is 4.42 Å². The molecule has 0 saturated carbocycles. The molecule has 0 spiro atoms. The second-order valence-corrected chi connectivity index (χ2v) is 18.3. The lowest BCUT2D eigenvalue weighted by Crippen LogP contribution is -2.74. The maximum absolute atomic E-state index is 6.09. The predicted molar refractivity (Wildman–Crippen MR) is 243 cm³/mol. The zero-order valence-corrected chi connectivity index (χ0v) is 32.4. The van der Waals surface area contributed by atoms with Crippen LogP contribution >= 0.6 is 0 Å². The average molecular weight is 746 g/mol. The Bertz CT molecular complexity index is 2810. The summed E-state index contributed by atoms with van der Waals surface area (Å²) in [5.74, 6) is 0. The summed E-state index contributed by atoms with van der Waals surface area (Å²) in [5.41, 5.74) is 9.84. The van der Waals surface area contributed by atoms with E-state index in [1.807, 2.05) is 12.1 Å². The molecule has 1 heterocycles. The number of rotatable bonds is 9. The van der Waals surface area contributed by atoms with Crippen LogP contribution in [-0.2, 0) is 0 Å². The normalized spacial score (nSPS) is 11.5. The molecule has 57 heavy (non-hydrogen) atoms. The Labute approximate surface area is 334 Å². The van der Waals surface area contributed by atoms with Gasteiger partial charge in [-0.1, -0.05) is 182 Å². The quantitative estimate of drug-likeness (QED) is 0.108. The van der Waals surface area contributed by atoms with Gasteiger partial charge in [-0.25, -0.2) is 0 Å². The third kappa shape index (κ3) is 6.25. The summed E-state index contributed by atoms with van der Waals surface area (Å²) in [6.45, 7) is 0. The molecule has 0 radical (unpaired) electrons. The van der Waals surface area contributed by atoms with E-state index in [9.17, 15) is 0 Å². The molecule has 2 nitrogen and oxygen atoms in total. The van der Waals surface area contributed by atoms with Crippen molar-refractivity contribution >= 4 is 67.8 Å². The second-order valence-electron chi connectivity index (χ2n) is 14.5. The summed E-state index contributed by atoms with van der Waals surface area (Å²) in [5, 5.41) is 7.77. The molecule has 10 aromatic rings. The van der Waals surface area contributed by atoms with Crippen LogP contribution in [0.3, 0.4) is 0 Å². The Kier molecular flexibility index (Phi) is 8.90. The summed E-state index contributed by atoms with van der Waals surface area (Å²) in [7, 11) is -2.58. The fourth-order valence-electron chi connectivity index (χ4n) is 8.51. The molecule has 0 N–H and O–H groups in total. The van der Waals surface area contributed by atoms with E-state index in [4.69, 9.17) is 4.42 Å². The summed E-state index contributed by atoms with van der Waals surface area (Å²) < 4.78 is 6.09. The highest BCUT2D eigenvalue weighted by Crippen LogP contribution is 2.38. The number of anilines is 3. The maximum Gasteiger partial charge on any atom is 0.179 e. The van der Waals surface area contributed by atoms with Crippen molar-refractivity contribution in [2.24, 2.45) is 0 Å². The first-order chi connectivity index (χ1) is 28.3. The number of hydrogen-bond donors (Lipinski definition) is 0. The Morgan fingerprint density at radius 3 is 1.18 bits per heavy atom. The van der Waals surface area contributed by atoms with Crippen molar-refractivity contribution in [2.45, 2.75) is 0 Å². The van der Waals surface area contributed by atoms with E-state index in [1.165, 1.54) is 37.4 Å². The summed E-state index contributed by atoms with van der Waals surface area (Å²) in [6.07, 6.45) is 0. The standard InChI is InChI=1S/C54H39NOSi/c1-5-15-44(16-6-1)55(46-34-27-42(28-35-46)43-31-38-54-52(39-43)51-23-13-14-24-53(51)56-54)45-32-25-40(26-33-45)41-29-36-50(37-30-41)57(47-17-7-2-8-18-47,48-19-9-3-10-20-48)49-21-11-4-12-22-49/h1-39H. The summed E-state index contributed by atoms with van der Waals surface area (Å²) >= 11 is 0. The monoisotopic (exact) mass is 745 g/mol. The minimum atomic E-state index is -2.58. The van der Waals surface area contributed by atoms with Gasteiger partial charge in [0.1, 0.15) is 11.2 Å². The van der Waals surface area contributed by atoms with E-state index in [2.05, 4.69) is 229 Å². The maximum atomic E-state index is 6.09. The van der Waals surface area contributed by atoms with E-state index in [-0.39, 0.29) is 0 Å². The Morgan fingerprint density at radius 1 is 0.281 bits per heavy atom. The zero-order valence-electron chi connectivity index (χ0n) is 31.4. The van der Waals surface area contributed by atoms with Crippen LogP contribution in [0.2, 0.25) is 0 Å². The first kappa shape index (κ1) is 34.3. The van der Waals surface area contributed by atoms with Crippen molar-refractivity contribution in [1.29, 1.82) is 0 Å². The van der Waals surface area contributed by atoms with E-state index in [0.717, 1.165) is 44.6 Å². The molecule has 0 aliphatic heterocycles. The molecular weight excluding hydrogens is 707 g/mol. The summed E-state index contributed by atoms with van der Waals surface area (Å²) in [4.78, 5) is 2.32. The van der Waals surface area contributed by atoms with Gasteiger partial charge in [-0.05, 0) is 97.6 Å². The highest BCUT2D eigenvalue weighted by atomic mass is 28.3. The van der Waals surface area contributed by atoms with Gasteiger partial charge in [-0.3, -0.25) is 0 Å². The average Bonchev–Trinajstić information content (AvgIpc) is 3.67. The molecular formula is C54H39NOSi. The van der Waals surface area contributed by atoms with Gasteiger partial charge in [0.25, 0.3) is 0 Å². The topological polar surface area (TPSA) is 16.4 Å². The second kappa shape index (κ2) is 14.8. The molecule has 0 aliphatic rings. The lowest BCUT2D eigenvalue weighted by atomic mass is 10.0. The van der Waals surface area contributed by atoms with Crippen LogP contribution in [0.5, 0.6) is 0 Å². The summed E-state index contributed by atoms with van der Waals surface area (Å²) in [6, 6.07) is 85.7. The molecule has 0 saturated heterocycles. The first-order valence-electron chi connectivity index (χ1n) is 19.5. The molecule has 10 rings (SSSR count). The van der Waals surface area contributed by atoms with Gasteiger partial charge in [0.2, 0.25) is 0 Å². The minimum absolute atomic E-state index is 0.910. The van der Waals surface area contributed by atoms with Crippen LogP contribution in [0.15, 0.2) is 241 Å². The number of furan rings is 1. The van der Waals surface area contributed by atoms with Gasteiger partial charge in [0.15, 0.2) is 8.07 Å². The van der Waals surface area contributed by atoms with Crippen LogP contribution in [0.1, 0.15) is 0 Å². The van der Waals surface area contributed by atoms with Crippen molar-refractivity contribution in [3.63, 3.8) is 0 Å². The fraction of sp³-hybridized carbons (Fsp3) is 0. The molecule has 0 aliphatic carbocycles. The lowest BCUT2D eigenvalue weighted by Gasteiger charge is -2.34. The predicted octanol–water partition coefficient (Wildman–Crippen LogP) is 11.8. The molecule has 9 aromatic carbocycles. The van der Waals surface area contributed by atoms with E-state index < -0.39 is 8.07 Å².